The van der Waals surface area contributed by atoms with E-state index in [2.05, 4.69) is 19.2 Å². The van der Waals surface area contributed by atoms with Crippen molar-refractivity contribution in [2.45, 2.75) is 58.8 Å². The third kappa shape index (κ3) is 6.32. The van der Waals surface area contributed by atoms with E-state index >= 15 is 0 Å². The van der Waals surface area contributed by atoms with Gasteiger partial charge in [0.2, 0.25) is 0 Å². The molecule has 0 aliphatic heterocycles. The van der Waals surface area contributed by atoms with Gasteiger partial charge in [-0.25, -0.2) is 4.79 Å². The molecule has 0 spiro atoms. The maximum absolute atomic E-state index is 11.9. The monoisotopic (exact) mass is 387 g/mol. The van der Waals surface area contributed by atoms with Gasteiger partial charge < -0.3 is 19.5 Å². The van der Waals surface area contributed by atoms with Crippen molar-refractivity contribution in [1.29, 1.82) is 0 Å². The number of rotatable bonds is 12. The molecule has 2 rings (SSSR count). The molecule has 154 valence electrons. The van der Waals surface area contributed by atoms with Crippen LogP contribution in [0, 0.1) is 0 Å². The molecule has 0 radical (unpaired) electrons. The molecule has 0 atom stereocenters. The van der Waals surface area contributed by atoms with Gasteiger partial charge in [-0.15, -0.1) is 0 Å². The van der Waals surface area contributed by atoms with Crippen LogP contribution in [0.25, 0.3) is 10.8 Å². The number of hydrogen-bond acceptors (Lipinski definition) is 4. The molecule has 0 unspecified atom stereocenters. The summed E-state index contributed by atoms with van der Waals surface area (Å²) in [6.07, 6.45) is 7.25. The van der Waals surface area contributed by atoms with Crippen LogP contribution in [-0.4, -0.2) is 26.4 Å². The number of nitrogens with one attached hydrogen (secondary N) is 1. The van der Waals surface area contributed by atoms with Gasteiger partial charge in [-0.05, 0) is 12.8 Å². The molecule has 0 aliphatic carbocycles. The summed E-state index contributed by atoms with van der Waals surface area (Å²) in [5, 5.41) is 4.22. The lowest BCUT2D eigenvalue weighted by molar-refractivity contribution is 0.199. The van der Waals surface area contributed by atoms with Crippen molar-refractivity contribution in [3.8, 4) is 17.2 Å². The molecular formula is C23H33NO4. The Morgan fingerprint density at radius 3 is 2.14 bits per heavy atom. The molecule has 0 aliphatic rings. The summed E-state index contributed by atoms with van der Waals surface area (Å²) < 4.78 is 17.6. The Balaban J connectivity index is 2.31. The van der Waals surface area contributed by atoms with Gasteiger partial charge in [0.1, 0.15) is 5.75 Å². The molecule has 0 bridgehead atoms. The standard InChI is InChI=1S/C23H33NO4/c1-4-6-8-12-16-26-20-17-21(27-15-11-7-5-2)22(28-23(25)24-3)19-14-10-9-13-18(19)20/h9-10,13-14,17H,4-8,11-12,15-16H2,1-3H3,(H,24,25). The predicted octanol–water partition coefficient (Wildman–Crippen LogP) is 6.09. The molecule has 5 nitrogen and oxygen atoms in total. The summed E-state index contributed by atoms with van der Waals surface area (Å²) in [7, 11) is 1.54. The van der Waals surface area contributed by atoms with Crippen LogP contribution in [0.5, 0.6) is 17.2 Å². The topological polar surface area (TPSA) is 56.8 Å². The van der Waals surface area contributed by atoms with Gasteiger partial charge in [0.15, 0.2) is 11.5 Å². The summed E-state index contributed by atoms with van der Waals surface area (Å²) in [6, 6.07) is 9.64. The van der Waals surface area contributed by atoms with Crippen molar-refractivity contribution in [3.63, 3.8) is 0 Å². The predicted molar refractivity (Wildman–Crippen MR) is 114 cm³/mol. The SMILES string of the molecule is CCCCCCOc1cc(OCCCCC)c(OC(=O)NC)c2ccccc12. The first-order valence-electron chi connectivity index (χ1n) is 10.4. The molecular weight excluding hydrogens is 354 g/mol. The van der Waals surface area contributed by atoms with Crippen LogP contribution in [0.1, 0.15) is 58.8 Å². The highest BCUT2D eigenvalue weighted by atomic mass is 16.6. The number of unbranched alkanes of at least 4 members (excludes halogenated alkanes) is 5. The van der Waals surface area contributed by atoms with Crippen LogP contribution in [0.15, 0.2) is 30.3 Å². The van der Waals surface area contributed by atoms with Gasteiger partial charge in [-0.2, -0.15) is 0 Å². The number of carbonyl (C=O) groups excluding carboxylic acids is 1. The van der Waals surface area contributed by atoms with Crippen LogP contribution in [0.2, 0.25) is 0 Å². The number of benzene rings is 2. The summed E-state index contributed by atoms with van der Waals surface area (Å²) >= 11 is 0. The normalized spacial score (nSPS) is 10.7. The summed E-state index contributed by atoms with van der Waals surface area (Å²) in [5.74, 6) is 1.74. The molecule has 2 aromatic rings. The van der Waals surface area contributed by atoms with Gasteiger partial charge in [0.05, 0.1) is 13.2 Å². The van der Waals surface area contributed by atoms with Crippen molar-refractivity contribution < 1.29 is 19.0 Å². The van der Waals surface area contributed by atoms with Crippen molar-refractivity contribution in [2.24, 2.45) is 0 Å². The van der Waals surface area contributed by atoms with Crippen LogP contribution in [-0.2, 0) is 0 Å². The molecule has 5 heteroatoms. The van der Waals surface area contributed by atoms with E-state index in [-0.39, 0.29) is 0 Å². The van der Waals surface area contributed by atoms with Gasteiger partial charge in [0, 0.05) is 23.9 Å². The molecule has 2 aromatic carbocycles. The Morgan fingerprint density at radius 1 is 0.857 bits per heavy atom. The second kappa shape index (κ2) is 12.1. The summed E-state index contributed by atoms with van der Waals surface area (Å²) in [4.78, 5) is 11.9. The van der Waals surface area contributed by atoms with Crippen molar-refractivity contribution in [3.05, 3.63) is 30.3 Å². The third-order valence-electron chi connectivity index (χ3n) is 4.58. The van der Waals surface area contributed by atoms with Crippen LogP contribution in [0.4, 0.5) is 4.79 Å². The first-order chi connectivity index (χ1) is 13.7. The van der Waals surface area contributed by atoms with E-state index in [1.165, 1.54) is 12.8 Å². The van der Waals surface area contributed by atoms with E-state index in [0.29, 0.717) is 24.7 Å². The molecule has 1 amide bonds. The van der Waals surface area contributed by atoms with E-state index in [0.717, 1.165) is 48.6 Å². The number of ether oxygens (including phenoxy) is 3. The molecule has 0 saturated heterocycles. The van der Waals surface area contributed by atoms with E-state index in [4.69, 9.17) is 14.2 Å². The van der Waals surface area contributed by atoms with Crippen molar-refractivity contribution >= 4 is 16.9 Å². The Bertz CT molecular complexity index is 745. The maximum Gasteiger partial charge on any atom is 0.412 e. The van der Waals surface area contributed by atoms with Crippen molar-refractivity contribution in [2.75, 3.05) is 20.3 Å². The summed E-state index contributed by atoms with van der Waals surface area (Å²) in [6.45, 7) is 5.59. The molecule has 0 heterocycles. The fourth-order valence-electron chi connectivity index (χ4n) is 3.01. The average molecular weight is 388 g/mol. The van der Waals surface area contributed by atoms with Gasteiger partial charge in [-0.3, -0.25) is 0 Å². The van der Waals surface area contributed by atoms with Crippen LogP contribution in [0.3, 0.4) is 0 Å². The first kappa shape index (κ1) is 21.9. The minimum atomic E-state index is -0.517. The number of fused-ring (bicyclic) bond motifs is 1. The lowest BCUT2D eigenvalue weighted by Gasteiger charge is -2.17. The minimum absolute atomic E-state index is 0.435. The third-order valence-corrected chi connectivity index (χ3v) is 4.58. The fourth-order valence-corrected chi connectivity index (χ4v) is 3.01. The zero-order chi connectivity index (χ0) is 20.2. The second-order valence-corrected chi connectivity index (χ2v) is 6.85. The number of amides is 1. The van der Waals surface area contributed by atoms with E-state index < -0.39 is 6.09 Å². The van der Waals surface area contributed by atoms with Gasteiger partial charge in [-0.1, -0.05) is 70.2 Å². The molecule has 28 heavy (non-hydrogen) atoms. The molecule has 0 fully saturated rings. The van der Waals surface area contributed by atoms with Crippen LogP contribution >= 0.6 is 0 Å². The van der Waals surface area contributed by atoms with E-state index in [1.54, 1.807) is 7.05 Å². The number of carbonyl (C=O) groups is 1. The quantitative estimate of drug-likeness (QED) is 0.448. The maximum atomic E-state index is 11.9. The van der Waals surface area contributed by atoms with Crippen LogP contribution < -0.4 is 19.5 Å². The zero-order valence-electron chi connectivity index (χ0n) is 17.4. The molecule has 1 N–H and O–H groups in total. The Labute approximate surface area is 168 Å². The zero-order valence-corrected chi connectivity index (χ0v) is 17.4. The van der Waals surface area contributed by atoms with E-state index in [1.807, 2.05) is 30.3 Å². The highest BCUT2D eigenvalue weighted by Crippen LogP contribution is 2.42. The Morgan fingerprint density at radius 2 is 1.46 bits per heavy atom. The molecule has 0 aromatic heterocycles. The second-order valence-electron chi connectivity index (χ2n) is 6.85. The first-order valence-corrected chi connectivity index (χ1v) is 10.4. The lowest BCUT2D eigenvalue weighted by atomic mass is 10.1. The summed E-state index contributed by atoms with van der Waals surface area (Å²) in [5.41, 5.74) is 0. The fraction of sp³-hybridized carbons (Fsp3) is 0.522. The Hall–Kier alpha value is -2.43. The lowest BCUT2D eigenvalue weighted by Crippen LogP contribution is -2.22. The largest absolute Gasteiger partial charge is 0.493 e. The Kier molecular flexibility index (Phi) is 9.46. The smallest absolute Gasteiger partial charge is 0.412 e. The van der Waals surface area contributed by atoms with Gasteiger partial charge >= 0.3 is 6.09 Å². The number of hydrogen-bond donors (Lipinski definition) is 1. The average Bonchev–Trinajstić information content (AvgIpc) is 2.72. The minimum Gasteiger partial charge on any atom is -0.493 e. The van der Waals surface area contributed by atoms with Crippen molar-refractivity contribution in [1.82, 2.24) is 5.32 Å². The molecule has 0 saturated carbocycles. The van der Waals surface area contributed by atoms with E-state index in [9.17, 15) is 4.79 Å². The highest BCUT2D eigenvalue weighted by Gasteiger charge is 2.18. The van der Waals surface area contributed by atoms with Gasteiger partial charge in [0.25, 0.3) is 0 Å². The highest BCUT2D eigenvalue weighted by molar-refractivity contribution is 5.97.